The van der Waals surface area contributed by atoms with Crippen molar-refractivity contribution in [1.29, 1.82) is 0 Å². The highest BCUT2D eigenvalue weighted by Gasteiger charge is 2.17. The van der Waals surface area contributed by atoms with E-state index < -0.39 is 0 Å². The minimum Gasteiger partial charge on any atom is -0.453 e. The van der Waals surface area contributed by atoms with Crippen molar-refractivity contribution >= 4 is 5.78 Å². The molecule has 0 aliphatic carbocycles. The van der Waals surface area contributed by atoms with Crippen molar-refractivity contribution in [2.45, 2.75) is 33.1 Å². The van der Waals surface area contributed by atoms with E-state index in [1.807, 2.05) is 50.2 Å². The molecule has 0 spiro atoms. The third-order valence-corrected chi connectivity index (χ3v) is 2.98. The van der Waals surface area contributed by atoms with Gasteiger partial charge in [0.15, 0.2) is 11.5 Å². The van der Waals surface area contributed by atoms with E-state index in [1.165, 1.54) is 0 Å². The first-order chi connectivity index (χ1) is 8.76. The second-order valence-corrected chi connectivity index (χ2v) is 4.36. The molecule has 0 saturated heterocycles. The van der Waals surface area contributed by atoms with Gasteiger partial charge in [-0.2, -0.15) is 0 Å². The molecular weight excluding hydrogens is 224 g/mol. The number of rotatable bonds is 5. The molecule has 0 amide bonds. The van der Waals surface area contributed by atoms with Gasteiger partial charge in [0.1, 0.15) is 5.76 Å². The molecule has 0 atom stereocenters. The summed E-state index contributed by atoms with van der Waals surface area (Å²) in [5, 5.41) is 0. The Bertz CT molecular complexity index is 523. The summed E-state index contributed by atoms with van der Waals surface area (Å²) in [4.78, 5) is 12.0. The van der Waals surface area contributed by atoms with E-state index in [0.29, 0.717) is 12.2 Å². The predicted molar refractivity (Wildman–Crippen MR) is 72.8 cm³/mol. The molecule has 0 unspecified atom stereocenters. The molecule has 94 valence electrons. The molecule has 0 aliphatic rings. The van der Waals surface area contributed by atoms with Crippen LogP contribution in [0.1, 0.15) is 42.8 Å². The number of benzene rings is 1. The maximum absolute atomic E-state index is 12.0. The molecule has 0 N–H and O–H groups in total. The number of Topliss-reactive ketones (excluding diaryl/α,β-unsaturated/α-hetero) is 1. The molecular formula is C16H18O2. The zero-order chi connectivity index (χ0) is 13.0. The van der Waals surface area contributed by atoms with Gasteiger partial charge in [-0.15, -0.1) is 0 Å². The summed E-state index contributed by atoms with van der Waals surface area (Å²) < 4.78 is 5.76. The fourth-order valence-electron chi connectivity index (χ4n) is 2.01. The number of aryl methyl sites for hydroxylation is 1. The van der Waals surface area contributed by atoms with Gasteiger partial charge < -0.3 is 4.42 Å². The van der Waals surface area contributed by atoms with Crippen LogP contribution in [0.4, 0.5) is 0 Å². The van der Waals surface area contributed by atoms with E-state index in [2.05, 4.69) is 0 Å². The molecule has 1 heterocycles. The fraction of sp³-hybridized carbons (Fsp3) is 0.312. The lowest BCUT2D eigenvalue weighted by Crippen LogP contribution is -1.99. The van der Waals surface area contributed by atoms with Crippen molar-refractivity contribution in [3.05, 3.63) is 47.7 Å². The monoisotopic (exact) mass is 242 g/mol. The third kappa shape index (κ3) is 2.53. The Labute approximate surface area is 108 Å². The van der Waals surface area contributed by atoms with E-state index in [0.717, 1.165) is 29.7 Å². The van der Waals surface area contributed by atoms with Crippen LogP contribution in [0.2, 0.25) is 0 Å². The van der Waals surface area contributed by atoms with Gasteiger partial charge in [-0.25, -0.2) is 0 Å². The summed E-state index contributed by atoms with van der Waals surface area (Å²) >= 11 is 0. The van der Waals surface area contributed by atoms with Crippen molar-refractivity contribution in [3.8, 4) is 11.3 Å². The van der Waals surface area contributed by atoms with Gasteiger partial charge >= 0.3 is 0 Å². The van der Waals surface area contributed by atoms with Crippen molar-refractivity contribution in [1.82, 2.24) is 0 Å². The predicted octanol–water partition coefficient (Wildman–Crippen LogP) is 4.49. The third-order valence-electron chi connectivity index (χ3n) is 2.98. The average molecular weight is 242 g/mol. The molecule has 2 nitrogen and oxygen atoms in total. The Morgan fingerprint density at radius 3 is 2.50 bits per heavy atom. The highest BCUT2D eigenvalue weighted by molar-refractivity contribution is 5.95. The minimum absolute atomic E-state index is 0.108. The van der Waals surface area contributed by atoms with E-state index in [1.54, 1.807) is 0 Å². The van der Waals surface area contributed by atoms with Crippen molar-refractivity contribution in [2.24, 2.45) is 0 Å². The lowest BCUT2D eigenvalue weighted by molar-refractivity contribution is 0.0954. The number of ketones is 1. The molecule has 0 aliphatic heterocycles. The first-order valence-corrected chi connectivity index (χ1v) is 6.47. The summed E-state index contributed by atoms with van der Waals surface area (Å²) in [6, 6.07) is 11.9. The lowest BCUT2D eigenvalue weighted by atomic mass is 10.1. The zero-order valence-corrected chi connectivity index (χ0v) is 10.9. The summed E-state index contributed by atoms with van der Waals surface area (Å²) in [6.45, 7) is 4.05. The largest absolute Gasteiger partial charge is 0.453 e. The van der Waals surface area contributed by atoms with Crippen molar-refractivity contribution < 1.29 is 9.21 Å². The Morgan fingerprint density at radius 2 is 1.89 bits per heavy atom. The first-order valence-electron chi connectivity index (χ1n) is 6.47. The molecule has 0 bridgehead atoms. The van der Waals surface area contributed by atoms with Crippen LogP contribution in [0, 0.1) is 0 Å². The molecule has 0 saturated carbocycles. The molecule has 0 radical (unpaired) electrons. The number of carbonyl (C=O) groups is 1. The van der Waals surface area contributed by atoms with Crippen molar-refractivity contribution in [2.75, 3.05) is 0 Å². The topological polar surface area (TPSA) is 30.2 Å². The second-order valence-electron chi connectivity index (χ2n) is 4.36. The van der Waals surface area contributed by atoms with Crippen LogP contribution in [-0.4, -0.2) is 5.78 Å². The maximum atomic E-state index is 12.0. The van der Waals surface area contributed by atoms with E-state index >= 15 is 0 Å². The van der Waals surface area contributed by atoms with Crippen LogP contribution in [0.25, 0.3) is 11.3 Å². The van der Waals surface area contributed by atoms with Crippen LogP contribution < -0.4 is 0 Å². The Hall–Kier alpha value is -1.83. The first kappa shape index (κ1) is 12.6. The standard InChI is InChI=1S/C16H18O2/c1-3-8-14(17)16-12(4-2)11-15(18-16)13-9-6-5-7-10-13/h5-7,9-11H,3-4,8H2,1-2H3. The molecule has 2 rings (SSSR count). The Morgan fingerprint density at radius 1 is 1.17 bits per heavy atom. The lowest BCUT2D eigenvalue weighted by Gasteiger charge is -1.97. The van der Waals surface area contributed by atoms with Crippen LogP contribution in [0.15, 0.2) is 40.8 Å². The molecule has 0 fully saturated rings. The van der Waals surface area contributed by atoms with Gasteiger partial charge in [0, 0.05) is 17.5 Å². The van der Waals surface area contributed by atoms with Gasteiger partial charge in [0.05, 0.1) is 0 Å². The maximum Gasteiger partial charge on any atom is 0.198 e. The number of furan rings is 1. The molecule has 2 heteroatoms. The van der Waals surface area contributed by atoms with Crippen LogP contribution in [0.3, 0.4) is 0 Å². The van der Waals surface area contributed by atoms with Gasteiger partial charge in [0.25, 0.3) is 0 Å². The summed E-state index contributed by atoms with van der Waals surface area (Å²) in [5.41, 5.74) is 2.02. The molecule has 1 aromatic heterocycles. The SMILES string of the molecule is CCCC(=O)c1oc(-c2ccccc2)cc1CC. The van der Waals surface area contributed by atoms with Crippen LogP contribution in [-0.2, 0) is 6.42 Å². The summed E-state index contributed by atoms with van der Waals surface area (Å²) in [6.07, 6.45) is 2.22. The molecule has 18 heavy (non-hydrogen) atoms. The molecule has 1 aromatic carbocycles. The normalized spacial score (nSPS) is 10.6. The number of carbonyl (C=O) groups excluding carboxylic acids is 1. The number of hydrogen-bond acceptors (Lipinski definition) is 2. The van der Waals surface area contributed by atoms with Crippen LogP contribution >= 0.6 is 0 Å². The quantitative estimate of drug-likeness (QED) is 0.723. The van der Waals surface area contributed by atoms with Gasteiger partial charge in [-0.1, -0.05) is 44.2 Å². The highest BCUT2D eigenvalue weighted by atomic mass is 16.3. The smallest absolute Gasteiger partial charge is 0.198 e. The van der Waals surface area contributed by atoms with Crippen LogP contribution in [0.5, 0.6) is 0 Å². The minimum atomic E-state index is 0.108. The Balaban J connectivity index is 2.38. The summed E-state index contributed by atoms with van der Waals surface area (Å²) in [7, 11) is 0. The highest BCUT2D eigenvalue weighted by Crippen LogP contribution is 2.27. The van der Waals surface area contributed by atoms with E-state index in [9.17, 15) is 4.79 Å². The van der Waals surface area contributed by atoms with Gasteiger partial charge in [-0.05, 0) is 18.9 Å². The van der Waals surface area contributed by atoms with Gasteiger partial charge in [-0.3, -0.25) is 4.79 Å². The fourth-order valence-corrected chi connectivity index (χ4v) is 2.01. The zero-order valence-electron chi connectivity index (χ0n) is 10.9. The average Bonchev–Trinajstić information content (AvgIpc) is 2.84. The molecule has 2 aromatic rings. The van der Waals surface area contributed by atoms with Crippen molar-refractivity contribution in [3.63, 3.8) is 0 Å². The van der Waals surface area contributed by atoms with Gasteiger partial charge in [0.2, 0.25) is 0 Å². The summed E-state index contributed by atoms with van der Waals surface area (Å²) in [5.74, 6) is 1.43. The second kappa shape index (κ2) is 5.67. The van der Waals surface area contributed by atoms with E-state index in [4.69, 9.17) is 4.42 Å². The number of hydrogen-bond donors (Lipinski definition) is 0. The Kier molecular flexibility index (Phi) is 3.98. The van der Waals surface area contributed by atoms with E-state index in [-0.39, 0.29) is 5.78 Å².